The lowest BCUT2D eigenvalue weighted by atomic mass is 10.1. The molecule has 0 aliphatic rings. The van der Waals surface area contributed by atoms with Crippen LogP contribution in [-0.4, -0.2) is 49.4 Å². The van der Waals surface area contributed by atoms with Crippen LogP contribution in [0.2, 0.25) is 0 Å². The largest absolute Gasteiger partial charge is 0.748 e. The van der Waals surface area contributed by atoms with Crippen LogP contribution in [0.4, 0.5) is 0 Å². The maximum Gasteiger partial charge on any atom is 0.0945 e. The van der Waals surface area contributed by atoms with Crippen LogP contribution in [0.1, 0.15) is 78.6 Å². The Hall–Kier alpha value is -0.130. The summed E-state index contributed by atoms with van der Waals surface area (Å²) in [5, 5.41) is 0. The molecule has 0 radical (unpaired) electrons. The minimum Gasteiger partial charge on any atom is -0.748 e. The van der Waals surface area contributed by atoms with Gasteiger partial charge < -0.3 is 9.04 Å². The summed E-state index contributed by atoms with van der Waals surface area (Å²) < 4.78 is 32.6. The molecule has 5 heteroatoms. The van der Waals surface area contributed by atoms with Gasteiger partial charge in [0.05, 0.1) is 36.3 Å². The van der Waals surface area contributed by atoms with Gasteiger partial charge in [-0.15, -0.1) is 0 Å². The van der Waals surface area contributed by atoms with Crippen LogP contribution in [0, 0.1) is 0 Å². The molecule has 0 bridgehead atoms. The lowest BCUT2D eigenvalue weighted by Gasteiger charge is -2.35. The first-order valence-corrected chi connectivity index (χ1v) is 10.8. The van der Waals surface area contributed by atoms with Crippen molar-refractivity contribution in [2.45, 2.75) is 78.6 Å². The first kappa shape index (κ1) is 21.9. The highest BCUT2D eigenvalue weighted by Gasteiger charge is 2.19. The fraction of sp³-hybridized carbons (Fsp3) is 1.00. The molecule has 0 aromatic carbocycles. The molecule has 0 fully saturated rings. The maximum atomic E-state index is 10.4. The summed E-state index contributed by atoms with van der Waals surface area (Å²) in [6.07, 6.45) is 10.1. The Morgan fingerprint density at radius 2 is 1.05 bits per heavy atom. The van der Waals surface area contributed by atoms with Gasteiger partial charge in [-0.3, -0.25) is 0 Å². The van der Waals surface area contributed by atoms with E-state index in [-0.39, 0.29) is 5.75 Å². The fourth-order valence-electron chi connectivity index (χ4n) is 3.11. The second-order valence-electron chi connectivity index (χ2n) is 6.46. The average Bonchev–Trinajstić information content (AvgIpc) is 2.48. The standard InChI is InChI=1S/C17H37NO3S/c1-4-18(5-2,6-3)16-14-12-10-8-7-9-11-13-15-17-22(19,20)21/h4-17H2,1-3H3. The normalized spacial score (nSPS) is 12.7. The van der Waals surface area contributed by atoms with E-state index in [1.807, 2.05) is 0 Å². The average molecular weight is 336 g/mol. The number of hydrogen-bond acceptors (Lipinski definition) is 3. The van der Waals surface area contributed by atoms with Gasteiger partial charge in [0.1, 0.15) is 0 Å². The molecule has 0 aliphatic heterocycles. The van der Waals surface area contributed by atoms with E-state index in [1.54, 1.807) is 0 Å². The van der Waals surface area contributed by atoms with Crippen LogP contribution in [0.5, 0.6) is 0 Å². The third-order valence-corrected chi connectivity index (χ3v) is 5.83. The first-order chi connectivity index (χ1) is 10.4. The van der Waals surface area contributed by atoms with Crippen molar-refractivity contribution in [3.05, 3.63) is 0 Å². The predicted octanol–water partition coefficient (Wildman–Crippen LogP) is 3.92. The highest BCUT2D eigenvalue weighted by Crippen LogP contribution is 2.13. The van der Waals surface area contributed by atoms with Crippen LogP contribution in [-0.2, 0) is 10.1 Å². The Bertz CT molecular complexity index is 343. The minimum absolute atomic E-state index is 0.195. The zero-order valence-electron chi connectivity index (χ0n) is 15.0. The monoisotopic (exact) mass is 335 g/mol. The van der Waals surface area contributed by atoms with Gasteiger partial charge in [0.25, 0.3) is 0 Å². The van der Waals surface area contributed by atoms with E-state index in [4.69, 9.17) is 0 Å². The van der Waals surface area contributed by atoms with Crippen LogP contribution in [0.15, 0.2) is 0 Å². The van der Waals surface area contributed by atoms with Crippen LogP contribution in [0.3, 0.4) is 0 Å². The SMILES string of the molecule is CC[N+](CC)(CC)CCCCCCCCCCCS(=O)(=O)[O-]. The van der Waals surface area contributed by atoms with Crippen LogP contribution in [0.25, 0.3) is 0 Å². The Morgan fingerprint density at radius 3 is 1.41 bits per heavy atom. The molecular formula is C17H37NO3S. The van der Waals surface area contributed by atoms with Crippen molar-refractivity contribution >= 4 is 10.1 Å². The van der Waals surface area contributed by atoms with Gasteiger partial charge >= 0.3 is 0 Å². The van der Waals surface area contributed by atoms with Crippen molar-refractivity contribution in [2.24, 2.45) is 0 Å². The molecule has 134 valence electrons. The molecule has 0 saturated heterocycles. The minimum atomic E-state index is -4.00. The second kappa shape index (κ2) is 12.3. The van der Waals surface area contributed by atoms with Crippen molar-refractivity contribution in [1.29, 1.82) is 0 Å². The van der Waals surface area contributed by atoms with E-state index in [2.05, 4.69) is 20.8 Å². The number of rotatable bonds is 15. The molecule has 0 atom stereocenters. The molecule has 0 N–H and O–H groups in total. The van der Waals surface area contributed by atoms with E-state index in [0.717, 1.165) is 19.3 Å². The highest BCUT2D eigenvalue weighted by atomic mass is 32.2. The molecular weight excluding hydrogens is 298 g/mol. The molecule has 0 rings (SSSR count). The molecule has 22 heavy (non-hydrogen) atoms. The summed E-state index contributed by atoms with van der Waals surface area (Å²) in [5.41, 5.74) is 0. The van der Waals surface area contributed by atoms with Crippen molar-refractivity contribution in [3.8, 4) is 0 Å². The number of hydrogen-bond donors (Lipinski definition) is 0. The van der Waals surface area contributed by atoms with Crippen molar-refractivity contribution in [2.75, 3.05) is 31.9 Å². The number of quaternary nitrogens is 1. The third kappa shape index (κ3) is 11.4. The third-order valence-electron chi connectivity index (χ3n) is 5.04. The van der Waals surface area contributed by atoms with Gasteiger partial charge in [0.15, 0.2) is 0 Å². The van der Waals surface area contributed by atoms with Gasteiger partial charge in [-0.1, -0.05) is 38.5 Å². The van der Waals surface area contributed by atoms with Gasteiger partial charge in [0, 0.05) is 5.75 Å². The molecule has 4 nitrogen and oxygen atoms in total. The smallest absolute Gasteiger partial charge is 0.0945 e. The molecule has 0 aromatic heterocycles. The predicted molar refractivity (Wildman–Crippen MR) is 92.9 cm³/mol. The summed E-state index contributed by atoms with van der Waals surface area (Å²) in [7, 11) is -4.00. The summed E-state index contributed by atoms with van der Waals surface area (Å²) in [6, 6.07) is 0. The van der Waals surface area contributed by atoms with E-state index < -0.39 is 10.1 Å². The Morgan fingerprint density at radius 1 is 0.682 bits per heavy atom. The molecule has 0 amide bonds. The van der Waals surface area contributed by atoms with Crippen molar-refractivity contribution < 1.29 is 17.5 Å². The van der Waals surface area contributed by atoms with E-state index in [0.29, 0.717) is 6.42 Å². The van der Waals surface area contributed by atoms with E-state index >= 15 is 0 Å². The Balaban J connectivity index is 3.40. The molecule has 0 spiro atoms. The number of unbranched alkanes of at least 4 members (excludes halogenated alkanes) is 8. The van der Waals surface area contributed by atoms with Gasteiger partial charge in [-0.25, -0.2) is 8.42 Å². The summed E-state index contributed by atoms with van der Waals surface area (Å²) in [4.78, 5) is 0. The Labute approximate surface area is 138 Å². The van der Waals surface area contributed by atoms with E-state index in [1.165, 1.54) is 62.8 Å². The summed E-state index contributed by atoms with van der Waals surface area (Å²) >= 11 is 0. The highest BCUT2D eigenvalue weighted by molar-refractivity contribution is 7.85. The molecule has 0 aliphatic carbocycles. The Kier molecular flexibility index (Phi) is 12.2. The topological polar surface area (TPSA) is 57.2 Å². The van der Waals surface area contributed by atoms with Crippen molar-refractivity contribution in [1.82, 2.24) is 0 Å². The number of nitrogens with zero attached hydrogens (tertiary/aromatic N) is 1. The molecule has 0 aromatic rings. The zero-order valence-corrected chi connectivity index (χ0v) is 15.8. The summed E-state index contributed by atoms with van der Waals surface area (Å²) in [5.74, 6) is -0.195. The maximum absolute atomic E-state index is 10.4. The molecule has 0 saturated carbocycles. The van der Waals surface area contributed by atoms with E-state index in [9.17, 15) is 13.0 Å². The lowest BCUT2D eigenvalue weighted by Crippen LogP contribution is -2.48. The van der Waals surface area contributed by atoms with Gasteiger partial charge in [0.2, 0.25) is 0 Å². The quantitative estimate of drug-likeness (QED) is 0.259. The van der Waals surface area contributed by atoms with Gasteiger partial charge in [-0.05, 0) is 40.0 Å². The second-order valence-corrected chi connectivity index (χ2v) is 7.98. The van der Waals surface area contributed by atoms with Crippen molar-refractivity contribution in [3.63, 3.8) is 0 Å². The van der Waals surface area contributed by atoms with Crippen LogP contribution >= 0.6 is 0 Å². The van der Waals surface area contributed by atoms with Crippen LogP contribution < -0.4 is 0 Å². The first-order valence-electron chi connectivity index (χ1n) is 9.17. The fourth-order valence-corrected chi connectivity index (χ4v) is 3.67. The molecule has 0 heterocycles. The summed E-state index contributed by atoms with van der Waals surface area (Å²) in [6.45, 7) is 11.9. The lowest BCUT2D eigenvalue weighted by molar-refractivity contribution is -0.923. The zero-order chi connectivity index (χ0) is 16.9. The van der Waals surface area contributed by atoms with Gasteiger partial charge in [-0.2, -0.15) is 0 Å². The molecule has 0 unspecified atom stereocenters.